The molecular formula is C20H26N2O. The summed E-state index contributed by atoms with van der Waals surface area (Å²) in [5.41, 5.74) is 9.11. The second kappa shape index (κ2) is 7.16. The minimum absolute atomic E-state index is 0.223. The molecule has 1 heterocycles. The molecule has 122 valence electrons. The smallest absolute Gasteiger partial charge is 0.118 e. The van der Waals surface area contributed by atoms with Crippen LogP contribution in [0, 0.1) is 0 Å². The average Bonchev–Trinajstić information content (AvgIpc) is 2.96. The van der Waals surface area contributed by atoms with Crippen LogP contribution in [0.2, 0.25) is 0 Å². The van der Waals surface area contributed by atoms with Crippen molar-refractivity contribution in [3.8, 4) is 5.75 Å². The molecule has 1 aliphatic rings. The summed E-state index contributed by atoms with van der Waals surface area (Å²) in [6.07, 6.45) is 0. The number of nitrogens with zero attached hydrogens (tertiary/aromatic N) is 1. The van der Waals surface area contributed by atoms with Crippen molar-refractivity contribution in [2.75, 3.05) is 26.7 Å². The lowest BCUT2D eigenvalue weighted by atomic mass is 9.95. The number of benzene rings is 2. The quantitative estimate of drug-likeness (QED) is 0.921. The summed E-state index contributed by atoms with van der Waals surface area (Å²) in [6, 6.07) is 19.3. The molecule has 23 heavy (non-hydrogen) atoms. The minimum Gasteiger partial charge on any atom is -0.497 e. The highest BCUT2D eigenvalue weighted by Gasteiger charge is 2.31. The van der Waals surface area contributed by atoms with Gasteiger partial charge in [-0.25, -0.2) is 0 Å². The Morgan fingerprint density at radius 1 is 1.09 bits per heavy atom. The zero-order valence-corrected chi connectivity index (χ0v) is 14.0. The maximum absolute atomic E-state index is 6.40. The van der Waals surface area contributed by atoms with E-state index in [-0.39, 0.29) is 6.04 Å². The fraction of sp³-hybridized carbons (Fsp3) is 0.400. The van der Waals surface area contributed by atoms with Gasteiger partial charge < -0.3 is 15.4 Å². The van der Waals surface area contributed by atoms with Crippen molar-refractivity contribution in [1.82, 2.24) is 4.90 Å². The van der Waals surface area contributed by atoms with E-state index >= 15 is 0 Å². The molecule has 0 bridgehead atoms. The third-order valence-corrected chi connectivity index (χ3v) is 4.89. The zero-order valence-electron chi connectivity index (χ0n) is 14.0. The van der Waals surface area contributed by atoms with Crippen molar-refractivity contribution < 1.29 is 4.74 Å². The van der Waals surface area contributed by atoms with Crippen LogP contribution < -0.4 is 10.5 Å². The average molecular weight is 310 g/mol. The first-order valence-electron chi connectivity index (χ1n) is 8.34. The van der Waals surface area contributed by atoms with Gasteiger partial charge in [0.1, 0.15) is 5.75 Å². The molecule has 1 unspecified atom stereocenters. The highest BCUT2D eigenvalue weighted by atomic mass is 16.5. The Morgan fingerprint density at radius 2 is 1.78 bits per heavy atom. The molecule has 0 aromatic heterocycles. The largest absolute Gasteiger partial charge is 0.497 e. The van der Waals surface area contributed by atoms with Gasteiger partial charge >= 0.3 is 0 Å². The van der Waals surface area contributed by atoms with Gasteiger partial charge in [0.25, 0.3) is 0 Å². The summed E-state index contributed by atoms with van der Waals surface area (Å²) in [4.78, 5) is 2.50. The lowest BCUT2D eigenvalue weighted by molar-refractivity contribution is 0.314. The van der Waals surface area contributed by atoms with E-state index in [4.69, 9.17) is 10.5 Å². The standard InChI is InChI=1S/C20H26N2O/c1-15(16-8-10-18(23-2)11-9-16)12-22-13-19(20(21)14-22)17-6-4-3-5-7-17/h3-11,15,19-20H,12-14,21H2,1-2H3/t15?,19-,20+/m0/s1. The van der Waals surface area contributed by atoms with Crippen molar-refractivity contribution in [3.05, 3.63) is 65.7 Å². The van der Waals surface area contributed by atoms with Crippen molar-refractivity contribution in [1.29, 1.82) is 0 Å². The van der Waals surface area contributed by atoms with Crippen LogP contribution >= 0.6 is 0 Å². The van der Waals surface area contributed by atoms with Crippen LogP contribution in [0.25, 0.3) is 0 Å². The van der Waals surface area contributed by atoms with Gasteiger partial charge in [-0.15, -0.1) is 0 Å². The molecular weight excluding hydrogens is 284 g/mol. The van der Waals surface area contributed by atoms with E-state index in [1.54, 1.807) is 7.11 Å². The Labute approximate surface area is 139 Å². The fourth-order valence-electron chi connectivity index (χ4n) is 3.54. The van der Waals surface area contributed by atoms with Crippen molar-refractivity contribution >= 4 is 0 Å². The van der Waals surface area contributed by atoms with Gasteiger partial charge in [0, 0.05) is 31.6 Å². The van der Waals surface area contributed by atoms with Crippen LogP contribution in [-0.2, 0) is 0 Å². The Hall–Kier alpha value is -1.84. The number of rotatable bonds is 5. The first-order chi connectivity index (χ1) is 11.2. The van der Waals surface area contributed by atoms with Gasteiger partial charge in [0.2, 0.25) is 0 Å². The van der Waals surface area contributed by atoms with Gasteiger partial charge in [-0.1, -0.05) is 49.4 Å². The van der Waals surface area contributed by atoms with E-state index in [9.17, 15) is 0 Å². The van der Waals surface area contributed by atoms with Gasteiger partial charge in [0.05, 0.1) is 7.11 Å². The molecule has 0 spiro atoms. The van der Waals surface area contributed by atoms with Crippen LogP contribution in [-0.4, -0.2) is 37.7 Å². The third kappa shape index (κ3) is 3.74. The van der Waals surface area contributed by atoms with Gasteiger partial charge in [-0.2, -0.15) is 0 Å². The van der Waals surface area contributed by atoms with Crippen molar-refractivity contribution in [2.45, 2.75) is 24.8 Å². The number of nitrogens with two attached hydrogens (primary N) is 1. The first-order valence-corrected chi connectivity index (χ1v) is 8.34. The predicted octanol–water partition coefficient (Wildman–Crippen LogP) is 3.23. The Bertz CT molecular complexity index is 611. The molecule has 3 rings (SSSR count). The second-order valence-corrected chi connectivity index (χ2v) is 6.57. The number of hydrogen-bond acceptors (Lipinski definition) is 3. The van der Waals surface area contributed by atoms with Gasteiger partial charge in [0.15, 0.2) is 0 Å². The zero-order chi connectivity index (χ0) is 16.2. The molecule has 2 N–H and O–H groups in total. The molecule has 0 saturated carbocycles. The van der Waals surface area contributed by atoms with Crippen molar-refractivity contribution in [2.24, 2.45) is 5.73 Å². The monoisotopic (exact) mass is 310 g/mol. The molecule has 3 nitrogen and oxygen atoms in total. The lowest BCUT2D eigenvalue weighted by Crippen LogP contribution is -2.30. The van der Waals surface area contributed by atoms with Crippen LogP contribution in [0.3, 0.4) is 0 Å². The molecule has 3 heteroatoms. The number of ether oxygens (including phenoxy) is 1. The maximum atomic E-state index is 6.40. The summed E-state index contributed by atoms with van der Waals surface area (Å²) in [5, 5.41) is 0. The SMILES string of the molecule is COc1ccc(C(C)CN2C[C@@H](N)[C@H](c3ccccc3)C2)cc1. The molecule has 0 radical (unpaired) electrons. The molecule has 2 aromatic rings. The molecule has 1 saturated heterocycles. The molecule has 1 aliphatic heterocycles. The van der Waals surface area contributed by atoms with E-state index in [1.165, 1.54) is 11.1 Å². The second-order valence-electron chi connectivity index (χ2n) is 6.57. The Balaban J connectivity index is 1.62. The van der Waals surface area contributed by atoms with E-state index in [1.807, 2.05) is 12.1 Å². The number of hydrogen-bond donors (Lipinski definition) is 1. The van der Waals surface area contributed by atoms with Crippen LogP contribution in [0.5, 0.6) is 5.75 Å². The summed E-state index contributed by atoms with van der Waals surface area (Å²) < 4.78 is 5.23. The van der Waals surface area contributed by atoms with Crippen LogP contribution in [0.1, 0.15) is 29.9 Å². The van der Waals surface area contributed by atoms with E-state index in [0.717, 1.165) is 25.4 Å². The minimum atomic E-state index is 0.223. The van der Waals surface area contributed by atoms with Crippen LogP contribution in [0.15, 0.2) is 54.6 Å². The summed E-state index contributed by atoms with van der Waals surface area (Å²) in [5.74, 6) is 1.84. The van der Waals surface area contributed by atoms with E-state index in [2.05, 4.69) is 54.3 Å². The third-order valence-electron chi connectivity index (χ3n) is 4.89. The molecule has 2 aromatic carbocycles. The highest BCUT2D eigenvalue weighted by Crippen LogP contribution is 2.28. The van der Waals surface area contributed by atoms with Gasteiger partial charge in [-0.05, 0) is 29.2 Å². The fourth-order valence-corrected chi connectivity index (χ4v) is 3.54. The normalized spacial score (nSPS) is 22.9. The summed E-state index contributed by atoms with van der Waals surface area (Å²) >= 11 is 0. The highest BCUT2D eigenvalue weighted by molar-refractivity contribution is 5.29. The van der Waals surface area contributed by atoms with Crippen molar-refractivity contribution in [3.63, 3.8) is 0 Å². The van der Waals surface area contributed by atoms with E-state index in [0.29, 0.717) is 11.8 Å². The van der Waals surface area contributed by atoms with E-state index < -0.39 is 0 Å². The number of likely N-dealkylation sites (tertiary alicyclic amines) is 1. The molecule has 0 aliphatic carbocycles. The predicted molar refractivity (Wildman–Crippen MR) is 95.0 cm³/mol. The number of methoxy groups -OCH3 is 1. The van der Waals surface area contributed by atoms with Crippen LogP contribution in [0.4, 0.5) is 0 Å². The Kier molecular flexibility index (Phi) is 4.99. The molecule has 3 atom stereocenters. The summed E-state index contributed by atoms with van der Waals surface area (Å²) in [6.45, 7) is 5.35. The summed E-state index contributed by atoms with van der Waals surface area (Å²) in [7, 11) is 1.70. The molecule has 0 amide bonds. The first kappa shape index (κ1) is 16.0. The lowest BCUT2D eigenvalue weighted by Gasteiger charge is -2.21. The maximum Gasteiger partial charge on any atom is 0.118 e. The Morgan fingerprint density at radius 3 is 2.43 bits per heavy atom. The molecule has 1 fully saturated rings. The van der Waals surface area contributed by atoms with Gasteiger partial charge in [-0.3, -0.25) is 0 Å². The topological polar surface area (TPSA) is 38.5 Å².